The van der Waals surface area contributed by atoms with Gasteiger partial charge in [-0.15, -0.1) is 0 Å². The third-order valence-corrected chi connectivity index (χ3v) is 4.87. The molecule has 0 aliphatic carbocycles. The number of benzene rings is 2. The number of rotatable bonds is 9. The van der Waals surface area contributed by atoms with E-state index in [4.69, 9.17) is 14.2 Å². The first-order valence-electron chi connectivity index (χ1n) is 10.2. The lowest BCUT2D eigenvalue weighted by Gasteiger charge is -2.17. The SMILES string of the molecule is COc1ccc(-c2ccc(=O)n(CCNC(=O)C(C)Oc3ccc(C)cc3OC)n2)cc1. The molecule has 32 heavy (non-hydrogen) atoms. The molecule has 8 heteroatoms. The van der Waals surface area contributed by atoms with Gasteiger partial charge in [0, 0.05) is 18.2 Å². The van der Waals surface area contributed by atoms with E-state index in [0.717, 1.165) is 16.9 Å². The Morgan fingerprint density at radius 2 is 1.78 bits per heavy atom. The average molecular weight is 437 g/mol. The van der Waals surface area contributed by atoms with Crippen LogP contribution in [0.3, 0.4) is 0 Å². The van der Waals surface area contributed by atoms with Crippen LogP contribution in [0.4, 0.5) is 0 Å². The van der Waals surface area contributed by atoms with E-state index in [1.54, 1.807) is 33.3 Å². The lowest BCUT2D eigenvalue weighted by atomic mass is 10.1. The standard InChI is InChI=1S/C24H27N3O5/c1-16-5-11-21(22(15-16)31-4)32-17(2)24(29)25-13-14-27-23(28)12-10-20(26-27)18-6-8-19(30-3)9-7-18/h5-12,15,17H,13-14H2,1-4H3,(H,25,29). The number of nitrogens with zero attached hydrogens (tertiary/aromatic N) is 2. The summed E-state index contributed by atoms with van der Waals surface area (Å²) in [6.07, 6.45) is -0.734. The molecule has 3 rings (SSSR count). The summed E-state index contributed by atoms with van der Waals surface area (Å²) in [5.41, 5.74) is 2.30. The maximum Gasteiger partial charge on any atom is 0.266 e. The highest BCUT2D eigenvalue weighted by Crippen LogP contribution is 2.28. The average Bonchev–Trinajstić information content (AvgIpc) is 2.81. The molecule has 1 atom stereocenters. The summed E-state index contributed by atoms with van der Waals surface area (Å²) in [7, 11) is 3.15. The fourth-order valence-electron chi connectivity index (χ4n) is 3.07. The maximum atomic E-state index is 12.4. The molecule has 1 unspecified atom stereocenters. The molecule has 3 aromatic rings. The normalized spacial score (nSPS) is 11.5. The molecule has 0 radical (unpaired) electrons. The quantitative estimate of drug-likeness (QED) is 0.554. The van der Waals surface area contributed by atoms with Crippen LogP contribution in [-0.4, -0.2) is 42.6 Å². The second-order valence-electron chi connectivity index (χ2n) is 7.21. The highest BCUT2D eigenvalue weighted by atomic mass is 16.5. The molecular weight excluding hydrogens is 410 g/mol. The molecule has 1 amide bonds. The number of aromatic nitrogens is 2. The molecule has 168 valence electrons. The molecule has 1 heterocycles. The van der Waals surface area contributed by atoms with Gasteiger partial charge in [0.25, 0.3) is 11.5 Å². The summed E-state index contributed by atoms with van der Waals surface area (Å²) in [4.78, 5) is 24.6. The third-order valence-electron chi connectivity index (χ3n) is 4.87. The van der Waals surface area contributed by atoms with Crippen molar-refractivity contribution in [2.75, 3.05) is 20.8 Å². The number of amides is 1. The largest absolute Gasteiger partial charge is 0.497 e. The number of methoxy groups -OCH3 is 2. The van der Waals surface area contributed by atoms with Crippen LogP contribution in [0.1, 0.15) is 12.5 Å². The van der Waals surface area contributed by atoms with Crippen molar-refractivity contribution in [2.24, 2.45) is 0 Å². The summed E-state index contributed by atoms with van der Waals surface area (Å²) < 4.78 is 17.5. The first-order chi connectivity index (χ1) is 15.4. The minimum absolute atomic E-state index is 0.231. The van der Waals surface area contributed by atoms with Crippen LogP contribution < -0.4 is 25.1 Å². The van der Waals surface area contributed by atoms with Crippen molar-refractivity contribution >= 4 is 5.91 Å². The van der Waals surface area contributed by atoms with Gasteiger partial charge in [0.1, 0.15) is 5.75 Å². The molecule has 0 aliphatic rings. The Bertz CT molecular complexity index is 1130. The zero-order chi connectivity index (χ0) is 23.1. The van der Waals surface area contributed by atoms with Crippen molar-refractivity contribution in [3.8, 4) is 28.5 Å². The highest BCUT2D eigenvalue weighted by molar-refractivity contribution is 5.80. The number of carbonyl (C=O) groups is 1. The van der Waals surface area contributed by atoms with Crippen LogP contribution in [0.5, 0.6) is 17.2 Å². The summed E-state index contributed by atoms with van der Waals surface area (Å²) in [6.45, 7) is 4.07. The summed E-state index contributed by atoms with van der Waals surface area (Å²) in [6, 6.07) is 16.0. The molecule has 1 aromatic heterocycles. The van der Waals surface area contributed by atoms with Crippen LogP contribution in [0.25, 0.3) is 11.3 Å². The molecule has 0 bridgehead atoms. The van der Waals surface area contributed by atoms with Gasteiger partial charge in [-0.05, 0) is 61.9 Å². The lowest BCUT2D eigenvalue weighted by molar-refractivity contribution is -0.127. The lowest BCUT2D eigenvalue weighted by Crippen LogP contribution is -2.39. The Morgan fingerprint density at radius 3 is 2.47 bits per heavy atom. The van der Waals surface area contributed by atoms with Crippen LogP contribution in [0, 0.1) is 6.92 Å². The third kappa shape index (κ3) is 5.66. The fourth-order valence-corrected chi connectivity index (χ4v) is 3.07. The molecule has 0 fully saturated rings. The Labute approximate surface area is 186 Å². The van der Waals surface area contributed by atoms with Crippen LogP contribution in [0.15, 0.2) is 59.4 Å². The van der Waals surface area contributed by atoms with Crippen LogP contribution in [0.2, 0.25) is 0 Å². The molecule has 2 aromatic carbocycles. The summed E-state index contributed by atoms with van der Waals surface area (Å²) in [5, 5.41) is 7.18. The van der Waals surface area contributed by atoms with Crippen LogP contribution in [-0.2, 0) is 11.3 Å². The summed E-state index contributed by atoms with van der Waals surface area (Å²) >= 11 is 0. The Hall–Kier alpha value is -3.81. The van der Waals surface area contributed by atoms with Crippen LogP contribution >= 0.6 is 0 Å². The Morgan fingerprint density at radius 1 is 1.03 bits per heavy atom. The molecule has 0 aliphatic heterocycles. The molecule has 8 nitrogen and oxygen atoms in total. The number of aryl methyl sites for hydroxylation is 1. The van der Waals surface area contributed by atoms with Gasteiger partial charge < -0.3 is 19.5 Å². The maximum absolute atomic E-state index is 12.4. The molecule has 0 saturated heterocycles. The van der Waals surface area contributed by atoms with Gasteiger partial charge in [0.15, 0.2) is 17.6 Å². The first-order valence-corrected chi connectivity index (χ1v) is 10.2. The van der Waals surface area contributed by atoms with Gasteiger partial charge >= 0.3 is 0 Å². The van der Waals surface area contributed by atoms with Crippen molar-refractivity contribution in [1.29, 1.82) is 0 Å². The Kier molecular flexibility index (Phi) is 7.49. The highest BCUT2D eigenvalue weighted by Gasteiger charge is 2.16. The number of hydrogen-bond donors (Lipinski definition) is 1. The van der Waals surface area contributed by atoms with Crippen molar-refractivity contribution < 1.29 is 19.0 Å². The topological polar surface area (TPSA) is 91.7 Å². The molecule has 1 N–H and O–H groups in total. The second kappa shape index (κ2) is 10.5. The number of carbonyl (C=O) groups excluding carboxylic acids is 1. The fraction of sp³-hybridized carbons (Fsp3) is 0.292. The first kappa shape index (κ1) is 22.9. The van der Waals surface area contributed by atoms with Gasteiger partial charge in [0.2, 0.25) is 0 Å². The zero-order valence-corrected chi connectivity index (χ0v) is 18.6. The van der Waals surface area contributed by atoms with Crippen molar-refractivity contribution in [3.05, 3.63) is 70.5 Å². The van der Waals surface area contributed by atoms with E-state index in [1.165, 1.54) is 10.7 Å². The van der Waals surface area contributed by atoms with Crippen molar-refractivity contribution in [1.82, 2.24) is 15.1 Å². The monoisotopic (exact) mass is 437 g/mol. The van der Waals surface area contributed by atoms with E-state index < -0.39 is 6.10 Å². The summed E-state index contributed by atoms with van der Waals surface area (Å²) in [5.74, 6) is 1.50. The predicted molar refractivity (Wildman–Crippen MR) is 121 cm³/mol. The number of ether oxygens (including phenoxy) is 3. The molecule has 0 spiro atoms. The van der Waals surface area contributed by atoms with E-state index in [2.05, 4.69) is 10.4 Å². The van der Waals surface area contributed by atoms with E-state index in [0.29, 0.717) is 17.2 Å². The number of hydrogen-bond acceptors (Lipinski definition) is 6. The van der Waals surface area contributed by atoms with Crippen molar-refractivity contribution in [3.63, 3.8) is 0 Å². The predicted octanol–water partition coefficient (Wildman–Crippen LogP) is 2.82. The second-order valence-corrected chi connectivity index (χ2v) is 7.21. The minimum atomic E-state index is -0.734. The van der Waals surface area contributed by atoms with Gasteiger partial charge in [-0.2, -0.15) is 5.10 Å². The van der Waals surface area contributed by atoms with E-state index in [-0.39, 0.29) is 24.6 Å². The zero-order valence-electron chi connectivity index (χ0n) is 18.6. The molecular formula is C24H27N3O5. The van der Waals surface area contributed by atoms with Gasteiger partial charge in [0.05, 0.1) is 26.5 Å². The van der Waals surface area contributed by atoms with Gasteiger partial charge in [-0.1, -0.05) is 6.07 Å². The van der Waals surface area contributed by atoms with E-state index >= 15 is 0 Å². The Balaban J connectivity index is 1.59. The minimum Gasteiger partial charge on any atom is -0.497 e. The number of nitrogens with one attached hydrogen (secondary N) is 1. The van der Waals surface area contributed by atoms with Gasteiger partial charge in [-0.3, -0.25) is 9.59 Å². The van der Waals surface area contributed by atoms with E-state index in [9.17, 15) is 9.59 Å². The van der Waals surface area contributed by atoms with E-state index in [1.807, 2.05) is 43.3 Å². The van der Waals surface area contributed by atoms with Crippen molar-refractivity contribution in [2.45, 2.75) is 26.5 Å². The molecule has 0 saturated carbocycles. The van der Waals surface area contributed by atoms with Gasteiger partial charge in [-0.25, -0.2) is 4.68 Å². The smallest absolute Gasteiger partial charge is 0.266 e.